The van der Waals surface area contributed by atoms with E-state index in [1.807, 2.05) is 13.8 Å². The summed E-state index contributed by atoms with van der Waals surface area (Å²) in [6.07, 6.45) is 2.97. The van der Waals surface area contributed by atoms with Gasteiger partial charge < -0.3 is 10.6 Å². The van der Waals surface area contributed by atoms with Gasteiger partial charge in [-0.05, 0) is 43.4 Å². The highest BCUT2D eigenvalue weighted by molar-refractivity contribution is 7.89. The quantitative estimate of drug-likeness (QED) is 0.780. The lowest BCUT2D eigenvalue weighted by Gasteiger charge is -2.32. The first-order valence-corrected chi connectivity index (χ1v) is 9.92. The van der Waals surface area contributed by atoms with E-state index in [2.05, 4.69) is 4.72 Å². The third kappa shape index (κ3) is 4.53. The molecule has 0 bridgehead atoms. The molecule has 0 unspecified atom stereocenters. The number of sulfonamides is 1. The van der Waals surface area contributed by atoms with Gasteiger partial charge in [-0.25, -0.2) is 13.1 Å². The third-order valence-electron chi connectivity index (χ3n) is 4.96. The van der Waals surface area contributed by atoms with Gasteiger partial charge in [-0.3, -0.25) is 4.79 Å². The van der Waals surface area contributed by atoms with Gasteiger partial charge in [0.2, 0.25) is 15.9 Å². The fourth-order valence-corrected chi connectivity index (χ4v) is 4.69. The number of nitrogens with two attached hydrogens (primary N) is 1. The standard InChI is InChI=1S/C17H27N3O3S.ClH/c1-4-17(5-2,12-18)19-24(22,23)15-9-8-14-7-6-10-20(13(3)21)16(14)11-15;/h8-9,11,19H,4-7,10,12,18H2,1-3H3;1H. The number of carbonyl (C=O) groups is 1. The fourth-order valence-electron chi connectivity index (χ4n) is 3.12. The molecule has 0 atom stereocenters. The molecule has 1 aliphatic rings. The van der Waals surface area contributed by atoms with Crippen molar-refractivity contribution in [2.45, 2.75) is 56.9 Å². The molecule has 1 heterocycles. The molecule has 0 saturated carbocycles. The van der Waals surface area contributed by atoms with Gasteiger partial charge in [0.1, 0.15) is 0 Å². The smallest absolute Gasteiger partial charge is 0.241 e. The molecule has 1 amide bonds. The van der Waals surface area contributed by atoms with E-state index in [4.69, 9.17) is 5.73 Å². The van der Waals surface area contributed by atoms with E-state index in [1.165, 1.54) is 6.92 Å². The molecule has 0 aliphatic carbocycles. The highest BCUT2D eigenvalue weighted by Gasteiger charge is 2.31. The Morgan fingerprint density at radius 3 is 2.48 bits per heavy atom. The second kappa shape index (κ2) is 8.49. The minimum Gasteiger partial charge on any atom is -0.329 e. The fraction of sp³-hybridized carbons (Fsp3) is 0.588. The Bertz CT molecular complexity index is 710. The summed E-state index contributed by atoms with van der Waals surface area (Å²) in [5.74, 6) is -0.0723. The van der Waals surface area contributed by atoms with Crippen LogP contribution in [-0.2, 0) is 21.2 Å². The number of amides is 1. The minimum atomic E-state index is -3.70. The van der Waals surface area contributed by atoms with Crippen molar-refractivity contribution in [1.29, 1.82) is 0 Å². The Balaban J connectivity index is 0.00000312. The summed E-state index contributed by atoms with van der Waals surface area (Å²) in [5, 5.41) is 0. The normalized spacial score (nSPS) is 14.6. The van der Waals surface area contributed by atoms with Crippen molar-refractivity contribution in [2.24, 2.45) is 5.73 Å². The van der Waals surface area contributed by atoms with Gasteiger partial charge >= 0.3 is 0 Å². The Morgan fingerprint density at radius 1 is 1.32 bits per heavy atom. The molecule has 3 N–H and O–H groups in total. The summed E-state index contributed by atoms with van der Waals surface area (Å²) in [5.41, 5.74) is 6.87. The van der Waals surface area contributed by atoms with Gasteiger partial charge in [-0.2, -0.15) is 0 Å². The predicted octanol–water partition coefficient (Wildman–Crippen LogP) is 2.20. The van der Waals surface area contributed by atoms with Crippen LogP contribution in [0.5, 0.6) is 0 Å². The molecule has 1 aliphatic heterocycles. The number of hydrogen-bond donors (Lipinski definition) is 2. The van der Waals surface area contributed by atoms with E-state index >= 15 is 0 Å². The van der Waals surface area contributed by atoms with Gasteiger partial charge in [0.25, 0.3) is 0 Å². The molecule has 25 heavy (non-hydrogen) atoms. The molecule has 0 radical (unpaired) electrons. The summed E-state index contributed by atoms with van der Waals surface area (Å²) in [7, 11) is -3.70. The number of fused-ring (bicyclic) bond motifs is 1. The van der Waals surface area contributed by atoms with Crippen LogP contribution in [0.4, 0.5) is 5.69 Å². The van der Waals surface area contributed by atoms with Crippen molar-refractivity contribution < 1.29 is 13.2 Å². The highest BCUT2D eigenvalue weighted by atomic mass is 35.5. The molecule has 0 fully saturated rings. The van der Waals surface area contributed by atoms with Crippen molar-refractivity contribution in [3.05, 3.63) is 23.8 Å². The van der Waals surface area contributed by atoms with E-state index in [1.54, 1.807) is 23.1 Å². The van der Waals surface area contributed by atoms with Crippen LogP contribution in [-0.4, -0.2) is 33.0 Å². The van der Waals surface area contributed by atoms with Crippen LogP contribution in [0, 0.1) is 0 Å². The Morgan fingerprint density at radius 2 is 1.96 bits per heavy atom. The average molecular weight is 390 g/mol. The van der Waals surface area contributed by atoms with Crippen molar-refractivity contribution in [3.63, 3.8) is 0 Å². The largest absolute Gasteiger partial charge is 0.329 e. The molecular weight excluding hydrogens is 362 g/mol. The first-order valence-electron chi connectivity index (χ1n) is 8.43. The molecule has 1 aromatic rings. The number of rotatable bonds is 6. The van der Waals surface area contributed by atoms with Crippen LogP contribution in [0.3, 0.4) is 0 Å². The van der Waals surface area contributed by atoms with Crippen LogP contribution in [0.25, 0.3) is 0 Å². The van der Waals surface area contributed by atoms with Crippen molar-refractivity contribution in [1.82, 2.24) is 4.72 Å². The summed E-state index contributed by atoms with van der Waals surface area (Å²) in [6, 6.07) is 5.02. The maximum Gasteiger partial charge on any atom is 0.241 e. The molecule has 2 rings (SSSR count). The first kappa shape index (κ1) is 21.9. The maximum atomic E-state index is 12.8. The monoisotopic (exact) mass is 389 g/mol. The number of aryl methyl sites for hydroxylation is 1. The first-order chi connectivity index (χ1) is 11.3. The van der Waals surface area contributed by atoms with Crippen LogP contribution >= 0.6 is 12.4 Å². The summed E-state index contributed by atoms with van der Waals surface area (Å²) < 4.78 is 28.4. The minimum absolute atomic E-state index is 0. The van der Waals surface area contributed by atoms with Gasteiger partial charge in [-0.15, -0.1) is 12.4 Å². The number of anilines is 1. The van der Waals surface area contributed by atoms with Gasteiger partial charge in [0, 0.05) is 31.2 Å². The van der Waals surface area contributed by atoms with Gasteiger partial charge in [0.05, 0.1) is 4.90 Å². The summed E-state index contributed by atoms with van der Waals surface area (Å²) in [6.45, 7) is 6.20. The lowest BCUT2D eigenvalue weighted by molar-refractivity contribution is -0.116. The molecule has 0 saturated heterocycles. The Labute approximate surface area is 156 Å². The van der Waals surface area contributed by atoms with Crippen molar-refractivity contribution >= 4 is 34.0 Å². The van der Waals surface area contributed by atoms with E-state index in [0.717, 1.165) is 18.4 Å². The predicted molar refractivity (Wildman–Crippen MR) is 103 cm³/mol. The molecule has 8 heteroatoms. The zero-order chi connectivity index (χ0) is 18.0. The number of carbonyl (C=O) groups excluding carboxylic acids is 1. The van der Waals surface area contributed by atoms with Crippen LogP contribution in [0.2, 0.25) is 0 Å². The molecule has 0 aromatic heterocycles. The lowest BCUT2D eigenvalue weighted by Crippen LogP contribution is -2.52. The number of nitrogens with one attached hydrogen (secondary N) is 1. The van der Waals surface area contributed by atoms with Crippen LogP contribution in [0.15, 0.2) is 23.1 Å². The number of nitrogens with zero attached hydrogens (tertiary/aromatic N) is 1. The van der Waals surface area contributed by atoms with Crippen LogP contribution < -0.4 is 15.4 Å². The maximum absolute atomic E-state index is 12.8. The second-order valence-corrected chi connectivity index (χ2v) is 8.04. The van der Waals surface area contributed by atoms with E-state index in [9.17, 15) is 13.2 Å². The summed E-state index contributed by atoms with van der Waals surface area (Å²) >= 11 is 0. The molecule has 6 nitrogen and oxygen atoms in total. The summed E-state index contributed by atoms with van der Waals surface area (Å²) in [4.78, 5) is 13.7. The topological polar surface area (TPSA) is 92.5 Å². The lowest BCUT2D eigenvalue weighted by atomic mass is 9.95. The number of hydrogen-bond acceptors (Lipinski definition) is 4. The zero-order valence-corrected chi connectivity index (χ0v) is 16.7. The molecule has 1 aromatic carbocycles. The van der Waals surface area contributed by atoms with Gasteiger partial charge in [-0.1, -0.05) is 19.9 Å². The Hall–Kier alpha value is -1.15. The SMILES string of the molecule is CCC(CC)(CN)NS(=O)(=O)c1ccc2c(c1)N(C(C)=O)CCC2.Cl. The number of halogens is 1. The molecule has 0 spiro atoms. The number of benzene rings is 1. The Kier molecular flexibility index (Phi) is 7.43. The van der Waals surface area contributed by atoms with E-state index in [0.29, 0.717) is 25.1 Å². The highest BCUT2D eigenvalue weighted by Crippen LogP contribution is 2.30. The third-order valence-corrected chi connectivity index (χ3v) is 6.54. The molecular formula is C17H28ClN3O3S. The second-order valence-electron chi connectivity index (χ2n) is 6.36. The van der Waals surface area contributed by atoms with E-state index in [-0.39, 0.29) is 29.8 Å². The van der Waals surface area contributed by atoms with Crippen LogP contribution in [0.1, 0.15) is 45.6 Å². The average Bonchev–Trinajstić information content (AvgIpc) is 2.58. The van der Waals surface area contributed by atoms with Gasteiger partial charge in [0.15, 0.2) is 0 Å². The zero-order valence-electron chi connectivity index (χ0n) is 15.0. The van der Waals surface area contributed by atoms with Crippen molar-refractivity contribution in [2.75, 3.05) is 18.0 Å². The molecule has 142 valence electrons. The van der Waals surface area contributed by atoms with Crippen molar-refractivity contribution in [3.8, 4) is 0 Å². The van der Waals surface area contributed by atoms with E-state index < -0.39 is 15.6 Å².